The summed E-state index contributed by atoms with van der Waals surface area (Å²) in [5.74, 6) is 0. The first-order valence-corrected chi connectivity index (χ1v) is 2.50. The Balaban J connectivity index is 0.000000810. The molecule has 54 valence electrons. The number of hydrogen-bond donors (Lipinski definition) is 1. The average molecular weight is 140 g/mol. The number of rotatable bonds is 1. The van der Waals surface area contributed by atoms with Gasteiger partial charge in [0.15, 0.2) is 0 Å². The Bertz CT molecular complexity index is 210. The second-order valence-corrected chi connectivity index (χ2v) is 1.59. The topological polar surface area (TPSA) is 78.1 Å². The van der Waals surface area contributed by atoms with Crippen molar-refractivity contribution in [1.29, 1.82) is 0 Å². The highest BCUT2D eigenvalue weighted by molar-refractivity contribution is 5.27. The maximum Gasteiger partial charge on any atom is 0.269 e. The average Bonchev–Trinajstić information content (AvgIpc) is 1.90. The van der Waals surface area contributed by atoms with Crippen LogP contribution in [0.4, 0.5) is 5.69 Å². The summed E-state index contributed by atoms with van der Waals surface area (Å²) >= 11 is 0. The molecule has 0 saturated heterocycles. The standard InChI is InChI=1S/C6H5NO2.H3N/c8-7(9)6-4-2-1-3-5-6;/h1-5H;1H3. The molecule has 0 heterocycles. The zero-order chi connectivity index (χ0) is 6.69. The van der Waals surface area contributed by atoms with Gasteiger partial charge in [-0.1, -0.05) is 18.2 Å². The van der Waals surface area contributed by atoms with Crippen molar-refractivity contribution >= 4 is 5.69 Å². The van der Waals surface area contributed by atoms with Crippen molar-refractivity contribution < 1.29 is 4.92 Å². The van der Waals surface area contributed by atoms with Gasteiger partial charge in [0.1, 0.15) is 0 Å². The van der Waals surface area contributed by atoms with Crippen molar-refractivity contribution in [2.24, 2.45) is 0 Å². The van der Waals surface area contributed by atoms with E-state index in [1.54, 1.807) is 18.2 Å². The number of nitro benzene ring substituents is 1. The third-order valence-electron chi connectivity index (χ3n) is 0.967. The lowest BCUT2D eigenvalue weighted by atomic mass is 10.3. The molecule has 1 aromatic rings. The van der Waals surface area contributed by atoms with E-state index in [1.165, 1.54) is 12.1 Å². The smallest absolute Gasteiger partial charge is 0.269 e. The number of nitro groups is 1. The molecule has 0 fully saturated rings. The Morgan fingerprint density at radius 1 is 1.20 bits per heavy atom. The van der Waals surface area contributed by atoms with E-state index in [1.807, 2.05) is 0 Å². The van der Waals surface area contributed by atoms with E-state index in [4.69, 9.17) is 0 Å². The highest BCUT2D eigenvalue weighted by Crippen LogP contribution is 2.06. The summed E-state index contributed by atoms with van der Waals surface area (Å²) in [6.45, 7) is 0. The molecule has 0 unspecified atom stereocenters. The molecule has 0 aromatic heterocycles. The van der Waals surface area contributed by atoms with Crippen LogP contribution in [0.3, 0.4) is 0 Å². The lowest BCUT2D eigenvalue weighted by Crippen LogP contribution is -1.84. The van der Waals surface area contributed by atoms with E-state index in [-0.39, 0.29) is 11.8 Å². The summed E-state index contributed by atoms with van der Waals surface area (Å²) in [6.07, 6.45) is 0. The van der Waals surface area contributed by atoms with Gasteiger partial charge in [-0.2, -0.15) is 0 Å². The molecule has 0 bridgehead atoms. The number of non-ortho nitro benzene ring substituents is 1. The molecule has 0 aliphatic heterocycles. The molecular weight excluding hydrogens is 132 g/mol. The van der Waals surface area contributed by atoms with E-state index >= 15 is 0 Å². The quantitative estimate of drug-likeness (QED) is 0.476. The summed E-state index contributed by atoms with van der Waals surface area (Å²) in [5, 5.41) is 10.0. The number of benzene rings is 1. The van der Waals surface area contributed by atoms with Gasteiger partial charge in [0, 0.05) is 12.1 Å². The monoisotopic (exact) mass is 140 g/mol. The van der Waals surface area contributed by atoms with Crippen LogP contribution in [0.15, 0.2) is 30.3 Å². The van der Waals surface area contributed by atoms with Crippen LogP contribution in [-0.4, -0.2) is 4.92 Å². The van der Waals surface area contributed by atoms with Crippen LogP contribution < -0.4 is 6.15 Å². The van der Waals surface area contributed by atoms with Crippen molar-refractivity contribution in [2.75, 3.05) is 0 Å². The van der Waals surface area contributed by atoms with E-state index in [0.717, 1.165) is 0 Å². The van der Waals surface area contributed by atoms with Crippen molar-refractivity contribution in [2.45, 2.75) is 0 Å². The van der Waals surface area contributed by atoms with Gasteiger partial charge in [-0.3, -0.25) is 10.1 Å². The minimum atomic E-state index is -0.417. The van der Waals surface area contributed by atoms with Crippen molar-refractivity contribution in [1.82, 2.24) is 6.15 Å². The molecule has 3 N–H and O–H groups in total. The van der Waals surface area contributed by atoms with Gasteiger partial charge in [-0.15, -0.1) is 0 Å². The first-order valence-electron chi connectivity index (χ1n) is 2.50. The normalized spacial score (nSPS) is 8.00. The third kappa shape index (κ3) is 1.83. The van der Waals surface area contributed by atoms with Gasteiger partial charge in [-0.25, -0.2) is 0 Å². The largest absolute Gasteiger partial charge is 0.344 e. The Labute approximate surface area is 58.2 Å². The third-order valence-corrected chi connectivity index (χ3v) is 0.967. The maximum absolute atomic E-state index is 10.0. The fourth-order valence-electron chi connectivity index (χ4n) is 0.550. The van der Waals surface area contributed by atoms with Crippen LogP contribution in [0.25, 0.3) is 0 Å². The van der Waals surface area contributed by atoms with Gasteiger partial charge in [0.05, 0.1) is 4.92 Å². The number of hydrogen-bond acceptors (Lipinski definition) is 3. The van der Waals surface area contributed by atoms with Crippen molar-refractivity contribution in [3.8, 4) is 0 Å². The SMILES string of the molecule is N.O=[N+]([O-])c1ccccc1. The lowest BCUT2D eigenvalue weighted by Gasteiger charge is -1.85. The minimum Gasteiger partial charge on any atom is -0.344 e. The van der Waals surface area contributed by atoms with Gasteiger partial charge in [0.25, 0.3) is 5.69 Å². The van der Waals surface area contributed by atoms with Gasteiger partial charge in [-0.05, 0) is 0 Å². The van der Waals surface area contributed by atoms with Crippen molar-refractivity contribution in [3.05, 3.63) is 40.4 Å². The molecule has 0 radical (unpaired) electrons. The fourth-order valence-corrected chi connectivity index (χ4v) is 0.550. The maximum atomic E-state index is 10.0. The summed E-state index contributed by atoms with van der Waals surface area (Å²) in [6, 6.07) is 7.93. The predicted molar refractivity (Wildman–Crippen MR) is 38.1 cm³/mol. The summed E-state index contributed by atoms with van der Waals surface area (Å²) in [4.78, 5) is 9.59. The highest BCUT2D eigenvalue weighted by Gasteiger charge is 1.98. The van der Waals surface area contributed by atoms with Crippen LogP contribution >= 0.6 is 0 Å². The lowest BCUT2D eigenvalue weighted by molar-refractivity contribution is -0.384. The Hall–Kier alpha value is -1.42. The van der Waals surface area contributed by atoms with Crippen LogP contribution in [0.2, 0.25) is 0 Å². The van der Waals surface area contributed by atoms with Gasteiger partial charge in [0.2, 0.25) is 0 Å². The molecule has 0 amide bonds. The second kappa shape index (κ2) is 3.58. The minimum absolute atomic E-state index is 0. The Morgan fingerprint density at radius 3 is 2.00 bits per heavy atom. The molecule has 4 nitrogen and oxygen atoms in total. The van der Waals surface area contributed by atoms with Crippen LogP contribution in [0.1, 0.15) is 0 Å². The number of para-hydroxylation sites is 1. The highest BCUT2D eigenvalue weighted by atomic mass is 16.6. The van der Waals surface area contributed by atoms with E-state index in [0.29, 0.717) is 0 Å². The van der Waals surface area contributed by atoms with E-state index in [2.05, 4.69) is 0 Å². The molecule has 1 rings (SSSR count). The fraction of sp³-hybridized carbons (Fsp3) is 0. The first kappa shape index (κ1) is 8.58. The first-order chi connectivity index (χ1) is 4.30. The molecule has 0 aliphatic carbocycles. The summed E-state index contributed by atoms with van der Waals surface area (Å²) in [5.41, 5.74) is 0.137. The van der Waals surface area contributed by atoms with Gasteiger partial charge < -0.3 is 6.15 Å². The Morgan fingerprint density at radius 2 is 1.70 bits per heavy atom. The Kier molecular flexibility index (Phi) is 3.07. The summed E-state index contributed by atoms with van der Waals surface area (Å²) < 4.78 is 0. The molecule has 4 heteroatoms. The zero-order valence-electron chi connectivity index (χ0n) is 5.36. The molecular formula is C6H8N2O2. The summed E-state index contributed by atoms with van der Waals surface area (Å²) in [7, 11) is 0. The van der Waals surface area contributed by atoms with Gasteiger partial charge >= 0.3 is 0 Å². The molecule has 0 atom stereocenters. The zero-order valence-corrected chi connectivity index (χ0v) is 5.36. The molecule has 0 spiro atoms. The molecule has 0 saturated carbocycles. The van der Waals surface area contributed by atoms with E-state index < -0.39 is 4.92 Å². The molecule has 10 heavy (non-hydrogen) atoms. The second-order valence-electron chi connectivity index (χ2n) is 1.59. The molecule has 1 aromatic carbocycles. The van der Waals surface area contributed by atoms with Crippen molar-refractivity contribution in [3.63, 3.8) is 0 Å². The number of nitrogens with zero attached hydrogens (tertiary/aromatic N) is 1. The van der Waals surface area contributed by atoms with E-state index in [9.17, 15) is 10.1 Å². The molecule has 0 aliphatic rings. The van der Waals surface area contributed by atoms with Crippen LogP contribution in [-0.2, 0) is 0 Å². The van der Waals surface area contributed by atoms with Crippen LogP contribution in [0, 0.1) is 10.1 Å². The predicted octanol–water partition coefficient (Wildman–Crippen LogP) is 1.76. The van der Waals surface area contributed by atoms with Crippen LogP contribution in [0.5, 0.6) is 0 Å².